The van der Waals surface area contributed by atoms with Crippen molar-refractivity contribution >= 4 is 0 Å². The zero-order valence-electron chi connectivity index (χ0n) is 11.3. The number of β-amino-alcohol motifs (C(OH)–C–C–N with tert-alkyl or cyclic N) is 1. The van der Waals surface area contributed by atoms with Crippen LogP contribution in [0.25, 0.3) is 0 Å². The third kappa shape index (κ3) is 3.55. The molecule has 2 atom stereocenters. The van der Waals surface area contributed by atoms with Crippen LogP contribution in [0.5, 0.6) is 0 Å². The molecule has 1 aromatic carbocycles. The van der Waals surface area contributed by atoms with Crippen LogP contribution in [-0.2, 0) is 6.54 Å². The normalized spacial score (nSPS) is 26.2. The van der Waals surface area contributed by atoms with E-state index in [9.17, 15) is 5.11 Å². The van der Waals surface area contributed by atoms with Gasteiger partial charge in [-0.05, 0) is 11.5 Å². The number of hydrogen-bond donors (Lipinski definition) is 2. The molecule has 18 heavy (non-hydrogen) atoms. The molecule has 2 N–H and O–H groups in total. The molecule has 2 rings (SSSR count). The molecule has 0 bridgehead atoms. The maximum atomic E-state index is 9.93. The molecule has 1 heterocycles. The Morgan fingerprint density at radius 2 is 2.00 bits per heavy atom. The molecule has 0 spiro atoms. The predicted octanol–water partition coefficient (Wildman–Crippen LogP) is 1.48. The van der Waals surface area contributed by atoms with Gasteiger partial charge in [0.1, 0.15) is 0 Å². The standard InChI is InChI=1S/C15H24N2O/c1-12(2)15-9-16-8-14(18)11-17(15)10-13-6-4-3-5-7-13/h3-7,12,14-16,18H,8-11H2,1-2H3/t14-,15+/m1/s1. The minimum absolute atomic E-state index is 0.266. The molecule has 1 aliphatic rings. The van der Waals surface area contributed by atoms with Crippen LogP contribution in [0.15, 0.2) is 30.3 Å². The summed E-state index contributed by atoms with van der Waals surface area (Å²) in [6, 6.07) is 11.0. The van der Waals surface area contributed by atoms with E-state index >= 15 is 0 Å². The van der Waals surface area contributed by atoms with E-state index in [-0.39, 0.29) is 6.10 Å². The van der Waals surface area contributed by atoms with Crippen molar-refractivity contribution in [1.82, 2.24) is 10.2 Å². The Morgan fingerprint density at radius 1 is 1.28 bits per heavy atom. The third-order valence-electron chi connectivity index (χ3n) is 3.65. The van der Waals surface area contributed by atoms with Crippen LogP contribution in [0.4, 0.5) is 0 Å². The summed E-state index contributed by atoms with van der Waals surface area (Å²) in [7, 11) is 0. The SMILES string of the molecule is CC(C)[C@@H]1CNC[C@@H](O)CN1Cc1ccccc1. The molecule has 0 unspecified atom stereocenters. The molecular formula is C15H24N2O. The number of aliphatic hydroxyl groups excluding tert-OH is 1. The Bertz CT molecular complexity index is 353. The Balaban J connectivity index is 2.09. The first kappa shape index (κ1) is 13.5. The minimum atomic E-state index is -0.266. The number of rotatable bonds is 3. The fourth-order valence-corrected chi connectivity index (χ4v) is 2.65. The number of nitrogens with one attached hydrogen (secondary N) is 1. The molecule has 3 nitrogen and oxygen atoms in total. The fourth-order valence-electron chi connectivity index (χ4n) is 2.65. The Kier molecular flexibility index (Phi) is 4.75. The lowest BCUT2D eigenvalue weighted by Crippen LogP contribution is -2.43. The summed E-state index contributed by atoms with van der Waals surface area (Å²) in [5, 5.41) is 13.3. The van der Waals surface area contributed by atoms with Crippen LogP contribution in [0.3, 0.4) is 0 Å². The summed E-state index contributed by atoms with van der Waals surface area (Å²) in [4.78, 5) is 2.41. The van der Waals surface area contributed by atoms with Crippen LogP contribution < -0.4 is 5.32 Å². The van der Waals surface area contributed by atoms with Crippen LogP contribution in [0.1, 0.15) is 19.4 Å². The molecule has 0 aliphatic carbocycles. The lowest BCUT2D eigenvalue weighted by Gasteiger charge is -2.33. The van der Waals surface area contributed by atoms with Crippen LogP contribution in [-0.4, -0.2) is 41.8 Å². The first-order chi connectivity index (χ1) is 8.66. The smallest absolute Gasteiger partial charge is 0.0791 e. The Labute approximate surface area is 110 Å². The summed E-state index contributed by atoms with van der Waals surface area (Å²) < 4.78 is 0. The van der Waals surface area contributed by atoms with Gasteiger partial charge in [-0.1, -0.05) is 44.2 Å². The van der Waals surface area contributed by atoms with E-state index in [2.05, 4.69) is 48.3 Å². The molecule has 0 saturated carbocycles. The molecular weight excluding hydrogens is 224 g/mol. The highest BCUT2D eigenvalue weighted by Crippen LogP contribution is 2.16. The predicted molar refractivity (Wildman–Crippen MR) is 74.4 cm³/mol. The van der Waals surface area contributed by atoms with E-state index in [4.69, 9.17) is 0 Å². The second kappa shape index (κ2) is 6.32. The largest absolute Gasteiger partial charge is 0.390 e. The number of aliphatic hydroxyl groups is 1. The lowest BCUT2D eigenvalue weighted by atomic mass is 10.0. The fraction of sp³-hybridized carbons (Fsp3) is 0.600. The summed E-state index contributed by atoms with van der Waals surface area (Å²) in [6.07, 6.45) is -0.266. The quantitative estimate of drug-likeness (QED) is 0.850. The third-order valence-corrected chi connectivity index (χ3v) is 3.65. The van der Waals surface area contributed by atoms with Gasteiger partial charge in [-0.25, -0.2) is 0 Å². The van der Waals surface area contributed by atoms with E-state index in [0.29, 0.717) is 18.5 Å². The van der Waals surface area contributed by atoms with E-state index in [1.165, 1.54) is 5.56 Å². The number of hydrogen-bond acceptors (Lipinski definition) is 3. The average Bonchev–Trinajstić information content (AvgIpc) is 2.52. The van der Waals surface area contributed by atoms with Gasteiger partial charge in [0.05, 0.1) is 6.10 Å². The zero-order valence-corrected chi connectivity index (χ0v) is 11.3. The van der Waals surface area contributed by atoms with Crippen LogP contribution >= 0.6 is 0 Å². The second-order valence-electron chi connectivity index (χ2n) is 5.54. The molecule has 1 aliphatic heterocycles. The van der Waals surface area contributed by atoms with E-state index in [0.717, 1.165) is 19.6 Å². The molecule has 100 valence electrons. The second-order valence-corrected chi connectivity index (χ2v) is 5.54. The summed E-state index contributed by atoms with van der Waals surface area (Å²) in [6.45, 7) is 7.84. The highest BCUT2D eigenvalue weighted by Gasteiger charge is 2.26. The highest BCUT2D eigenvalue weighted by atomic mass is 16.3. The van der Waals surface area contributed by atoms with Gasteiger partial charge >= 0.3 is 0 Å². The van der Waals surface area contributed by atoms with Gasteiger partial charge < -0.3 is 10.4 Å². The Morgan fingerprint density at radius 3 is 2.67 bits per heavy atom. The average molecular weight is 248 g/mol. The van der Waals surface area contributed by atoms with Crippen molar-refractivity contribution in [2.24, 2.45) is 5.92 Å². The molecule has 1 saturated heterocycles. The monoisotopic (exact) mass is 248 g/mol. The molecule has 0 radical (unpaired) electrons. The minimum Gasteiger partial charge on any atom is -0.390 e. The summed E-state index contributed by atoms with van der Waals surface area (Å²) in [5.41, 5.74) is 1.32. The summed E-state index contributed by atoms with van der Waals surface area (Å²) in [5.74, 6) is 0.589. The van der Waals surface area contributed by atoms with Crippen molar-refractivity contribution in [3.05, 3.63) is 35.9 Å². The zero-order chi connectivity index (χ0) is 13.0. The van der Waals surface area contributed by atoms with Gasteiger partial charge in [-0.15, -0.1) is 0 Å². The molecule has 3 heteroatoms. The van der Waals surface area contributed by atoms with Gasteiger partial charge in [-0.3, -0.25) is 4.90 Å². The van der Waals surface area contributed by atoms with Crippen molar-refractivity contribution in [3.63, 3.8) is 0 Å². The molecule has 0 amide bonds. The van der Waals surface area contributed by atoms with Gasteiger partial charge in [0.25, 0.3) is 0 Å². The van der Waals surface area contributed by atoms with Gasteiger partial charge in [-0.2, -0.15) is 0 Å². The molecule has 1 fully saturated rings. The first-order valence-electron chi connectivity index (χ1n) is 6.83. The van der Waals surface area contributed by atoms with Gasteiger partial charge in [0.2, 0.25) is 0 Å². The first-order valence-corrected chi connectivity index (χ1v) is 6.83. The van der Waals surface area contributed by atoms with Crippen molar-refractivity contribution in [2.75, 3.05) is 19.6 Å². The number of nitrogens with zero attached hydrogens (tertiary/aromatic N) is 1. The number of benzene rings is 1. The Hall–Kier alpha value is -0.900. The maximum absolute atomic E-state index is 9.93. The highest BCUT2D eigenvalue weighted by molar-refractivity contribution is 5.14. The van der Waals surface area contributed by atoms with Crippen molar-refractivity contribution in [1.29, 1.82) is 0 Å². The van der Waals surface area contributed by atoms with Crippen LogP contribution in [0.2, 0.25) is 0 Å². The van der Waals surface area contributed by atoms with Crippen molar-refractivity contribution < 1.29 is 5.11 Å². The van der Waals surface area contributed by atoms with E-state index in [1.54, 1.807) is 0 Å². The van der Waals surface area contributed by atoms with Gasteiger partial charge in [0.15, 0.2) is 0 Å². The van der Waals surface area contributed by atoms with Crippen LogP contribution in [0, 0.1) is 5.92 Å². The van der Waals surface area contributed by atoms with E-state index < -0.39 is 0 Å². The van der Waals surface area contributed by atoms with E-state index in [1.807, 2.05) is 6.07 Å². The van der Waals surface area contributed by atoms with Gasteiger partial charge in [0, 0.05) is 32.2 Å². The summed E-state index contributed by atoms with van der Waals surface area (Å²) >= 11 is 0. The lowest BCUT2D eigenvalue weighted by molar-refractivity contribution is 0.0903. The topological polar surface area (TPSA) is 35.5 Å². The molecule has 0 aromatic heterocycles. The maximum Gasteiger partial charge on any atom is 0.0791 e. The van der Waals surface area contributed by atoms with Crippen molar-refractivity contribution in [2.45, 2.75) is 32.5 Å². The van der Waals surface area contributed by atoms with Crippen molar-refractivity contribution in [3.8, 4) is 0 Å². The molecule has 1 aromatic rings.